The molecule has 9 heteroatoms. The average Bonchev–Trinajstić information content (AvgIpc) is 3.30. The van der Waals surface area contributed by atoms with E-state index in [0.29, 0.717) is 10.6 Å². The number of aliphatic carboxylic acids is 1. The van der Waals surface area contributed by atoms with Crippen molar-refractivity contribution in [1.82, 2.24) is 9.88 Å². The van der Waals surface area contributed by atoms with Crippen LogP contribution in [0.2, 0.25) is 0 Å². The van der Waals surface area contributed by atoms with Gasteiger partial charge in [0.05, 0.1) is 10.6 Å². The van der Waals surface area contributed by atoms with Crippen molar-refractivity contribution in [2.24, 2.45) is 0 Å². The van der Waals surface area contributed by atoms with Crippen LogP contribution < -0.4 is 4.90 Å². The monoisotopic (exact) mass is 453 g/mol. The zero-order valence-electron chi connectivity index (χ0n) is 15.5. The molecule has 1 amide bonds. The van der Waals surface area contributed by atoms with Gasteiger partial charge in [-0.15, -0.1) is 11.3 Å². The first-order valence-electron chi connectivity index (χ1n) is 8.86. The Labute approximate surface area is 186 Å². The van der Waals surface area contributed by atoms with E-state index in [9.17, 15) is 9.59 Å². The first-order valence-corrected chi connectivity index (χ1v) is 11.0. The van der Waals surface area contributed by atoms with Crippen molar-refractivity contribution in [3.63, 3.8) is 0 Å². The Bertz CT molecular complexity index is 1090. The minimum atomic E-state index is -1.11. The molecule has 0 aliphatic carbocycles. The Morgan fingerprint density at radius 3 is 2.27 bits per heavy atom. The molecule has 6 nitrogen and oxygen atoms in total. The second kappa shape index (κ2) is 8.78. The lowest BCUT2D eigenvalue weighted by Gasteiger charge is -2.22. The van der Waals surface area contributed by atoms with Crippen molar-refractivity contribution in [3.8, 4) is 0 Å². The van der Waals surface area contributed by atoms with Crippen LogP contribution in [-0.4, -0.2) is 37.7 Å². The number of rotatable bonds is 6. The Balaban J connectivity index is 1.66. The SMILES string of the molecule is O=C(O)CN1C(=O)/C(=C/c2csc(N(c3ccccc3)c3ccccc3)n2)SC1=S. The van der Waals surface area contributed by atoms with Crippen molar-refractivity contribution in [3.05, 3.63) is 76.6 Å². The zero-order chi connectivity index (χ0) is 21.1. The van der Waals surface area contributed by atoms with Crippen LogP contribution in [0.3, 0.4) is 0 Å². The molecular formula is C21H15N3O3S3. The highest BCUT2D eigenvalue weighted by Crippen LogP contribution is 2.37. The lowest BCUT2D eigenvalue weighted by atomic mass is 10.2. The summed E-state index contributed by atoms with van der Waals surface area (Å²) in [6.45, 7) is -0.444. The molecule has 3 aromatic rings. The molecule has 30 heavy (non-hydrogen) atoms. The molecule has 2 aromatic carbocycles. The number of carbonyl (C=O) groups is 2. The van der Waals surface area contributed by atoms with E-state index in [0.717, 1.165) is 33.2 Å². The zero-order valence-corrected chi connectivity index (χ0v) is 17.9. The highest BCUT2D eigenvalue weighted by molar-refractivity contribution is 8.26. The third-order valence-electron chi connectivity index (χ3n) is 4.18. The molecule has 0 radical (unpaired) electrons. The molecule has 1 N–H and O–H groups in total. The van der Waals surface area contributed by atoms with Gasteiger partial charge in [0.2, 0.25) is 0 Å². The van der Waals surface area contributed by atoms with Crippen LogP contribution in [0.5, 0.6) is 0 Å². The summed E-state index contributed by atoms with van der Waals surface area (Å²) >= 11 is 7.68. The van der Waals surface area contributed by atoms with E-state index in [-0.39, 0.29) is 4.32 Å². The maximum Gasteiger partial charge on any atom is 0.323 e. The molecule has 1 aliphatic rings. The van der Waals surface area contributed by atoms with E-state index < -0.39 is 18.4 Å². The van der Waals surface area contributed by atoms with Crippen LogP contribution in [-0.2, 0) is 9.59 Å². The van der Waals surface area contributed by atoms with E-state index in [2.05, 4.69) is 0 Å². The minimum Gasteiger partial charge on any atom is -0.480 e. The molecular weight excluding hydrogens is 438 g/mol. The number of carboxylic acids is 1. The molecule has 1 saturated heterocycles. The van der Waals surface area contributed by atoms with E-state index >= 15 is 0 Å². The van der Waals surface area contributed by atoms with Crippen molar-refractivity contribution in [1.29, 1.82) is 0 Å². The molecule has 1 fully saturated rings. The molecule has 1 aromatic heterocycles. The fourth-order valence-corrected chi connectivity index (χ4v) is 4.94. The largest absolute Gasteiger partial charge is 0.480 e. The van der Waals surface area contributed by atoms with E-state index in [4.69, 9.17) is 22.3 Å². The number of benzene rings is 2. The Morgan fingerprint density at radius 1 is 1.10 bits per heavy atom. The fourth-order valence-electron chi connectivity index (χ4n) is 2.88. The van der Waals surface area contributed by atoms with E-state index in [1.165, 1.54) is 11.3 Å². The van der Waals surface area contributed by atoms with Crippen LogP contribution in [0.1, 0.15) is 5.69 Å². The van der Waals surface area contributed by atoms with Crippen LogP contribution in [0, 0.1) is 0 Å². The summed E-state index contributed by atoms with van der Waals surface area (Å²) in [5.41, 5.74) is 2.55. The van der Waals surface area contributed by atoms with Crippen molar-refractivity contribution in [2.45, 2.75) is 0 Å². The molecule has 0 bridgehead atoms. The first kappa shape index (κ1) is 20.3. The topological polar surface area (TPSA) is 73.7 Å². The normalized spacial score (nSPS) is 15.1. The number of carboxylic acid groups (broad SMARTS) is 1. The first-order chi connectivity index (χ1) is 14.5. The summed E-state index contributed by atoms with van der Waals surface area (Å²) < 4.78 is 0.235. The van der Waals surface area contributed by atoms with E-state index in [1.807, 2.05) is 70.9 Å². The number of amides is 1. The van der Waals surface area contributed by atoms with Crippen LogP contribution >= 0.6 is 35.3 Å². The van der Waals surface area contributed by atoms with Crippen molar-refractivity contribution >= 4 is 74.1 Å². The maximum atomic E-state index is 12.5. The molecule has 0 saturated carbocycles. The van der Waals surface area contributed by atoms with Gasteiger partial charge in [-0.3, -0.25) is 19.4 Å². The predicted molar refractivity (Wildman–Crippen MR) is 124 cm³/mol. The van der Waals surface area contributed by atoms with Gasteiger partial charge in [0.25, 0.3) is 5.91 Å². The fraction of sp³-hybridized carbons (Fsp3) is 0.0476. The van der Waals surface area contributed by atoms with Gasteiger partial charge < -0.3 is 5.11 Å². The van der Waals surface area contributed by atoms with Gasteiger partial charge >= 0.3 is 5.97 Å². The quantitative estimate of drug-likeness (QED) is 0.420. The summed E-state index contributed by atoms with van der Waals surface area (Å²) in [4.78, 5) is 31.6. The van der Waals surface area contributed by atoms with Crippen molar-refractivity contribution < 1.29 is 14.7 Å². The summed E-state index contributed by atoms with van der Waals surface area (Å²) in [6.07, 6.45) is 1.65. The number of thioether (sulfide) groups is 1. The van der Waals surface area contributed by atoms with Gasteiger partial charge in [-0.05, 0) is 30.3 Å². The van der Waals surface area contributed by atoms with Crippen LogP contribution in [0.4, 0.5) is 16.5 Å². The van der Waals surface area contributed by atoms with Crippen LogP contribution in [0.25, 0.3) is 6.08 Å². The second-order valence-corrected chi connectivity index (χ2v) is 8.74. The number of hydrogen-bond acceptors (Lipinski definition) is 7. The number of thiazole rings is 1. The highest BCUT2D eigenvalue weighted by atomic mass is 32.2. The number of para-hydroxylation sites is 2. The molecule has 0 atom stereocenters. The number of hydrogen-bond donors (Lipinski definition) is 1. The molecule has 0 unspecified atom stereocenters. The third-order valence-corrected chi connectivity index (χ3v) is 6.40. The number of aromatic nitrogens is 1. The number of nitrogens with zero attached hydrogens (tertiary/aromatic N) is 3. The Kier molecular flexibility index (Phi) is 5.93. The molecule has 1 aliphatic heterocycles. The average molecular weight is 454 g/mol. The predicted octanol–water partition coefficient (Wildman–Crippen LogP) is 4.90. The Hall–Kier alpha value is -3.01. The smallest absolute Gasteiger partial charge is 0.323 e. The summed E-state index contributed by atoms with van der Waals surface area (Å²) in [6, 6.07) is 19.8. The minimum absolute atomic E-state index is 0.235. The number of thiocarbonyl (C=S) groups is 1. The third kappa shape index (κ3) is 4.28. The second-order valence-electron chi connectivity index (χ2n) is 6.22. The maximum absolute atomic E-state index is 12.5. The molecule has 4 rings (SSSR count). The number of carbonyl (C=O) groups excluding carboxylic acids is 1. The summed E-state index contributed by atoms with van der Waals surface area (Å²) in [5, 5.41) is 11.6. The van der Waals surface area contributed by atoms with Gasteiger partial charge in [-0.25, -0.2) is 4.98 Å². The Morgan fingerprint density at radius 2 is 1.70 bits per heavy atom. The van der Waals surface area contributed by atoms with Crippen LogP contribution in [0.15, 0.2) is 70.9 Å². The van der Waals surface area contributed by atoms with E-state index in [1.54, 1.807) is 6.08 Å². The standard InChI is InChI=1S/C21H15N3O3S3/c25-18(26)12-23-19(27)17(30-21(23)28)11-14-13-29-20(22-14)24(15-7-3-1-4-8-15)16-9-5-2-6-10-16/h1-11,13H,12H2,(H,25,26)/b17-11-. The molecule has 2 heterocycles. The summed E-state index contributed by atoms with van der Waals surface area (Å²) in [7, 11) is 0. The number of anilines is 3. The van der Waals surface area contributed by atoms with Gasteiger partial charge in [0.15, 0.2) is 5.13 Å². The van der Waals surface area contributed by atoms with Gasteiger partial charge in [-0.2, -0.15) is 0 Å². The highest BCUT2D eigenvalue weighted by Gasteiger charge is 2.33. The van der Waals surface area contributed by atoms with Gasteiger partial charge in [0, 0.05) is 16.8 Å². The lowest BCUT2D eigenvalue weighted by molar-refractivity contribution is -0.140. The van der Waals surface area contributed by atoms with Gasteiger partial charge in [0.1, 0.15) is 10.9 Å². The summed E-state index contributed by atoms with van der Waals surface area (Å²) in [5.74, 6) is -1.52. The molecule has 150 valence electrons. The molecule has 0 spiro atoms. The van der Waals surface area contributed by atoms with Gasteiger partial charge in [-0.1, -0.05) is 60.4 Å². The van der Waals surface area contributed by atoms with Crippen molar-refractivity contribution in [2.75, 3.05) is 11.4 Å². The lowest BCUT2D eigenvalue weighted by Crippen LogP contribution is -2.33.